The zero-order valence-corrected chi connectivity index (χ0v) is 10.8. The fourth-order valence-corrected chi connectivity index (χ4v) is 1.87. The van der Waals surface area contributed by atoms with E-state index in [0.29, 0.717) is 29.5 Å². The first-order valence-corrected chi connectivity index (χ1v) is 5.98. The summed E-state index contributed by atoms with van der Waals surface area (Å²) in [5, 5.41) is 6.80. The Labute approximate surface area is 115 Å². The number of fused-ring (bicyclic) bond motifs is 1. The van der Waals surface area contributed by atoms with Gasteiger partial charge in [-0.25, -0.2) is 4.68 Å². The average Bonchev–Trinajstić information content (AvgIpc) is 3.07. The van der Waals surface area contributed by atoms with Crippen molar-refractivity contribution < 1.29 is 19.0 Å². The maximum Gasteiger partial charge on any atom is 0.255 e. The summed E-state index contributed by atoms with van der Waals surface area (Å²) in [5.74, 6) is 0.988. The molecule has 1 amide bonds. The molecule has 20 heavy (non-hydrogen) atoms. The van der Waals surface area contributed by atoms with E-state index in [1.54, 1.807) is 42.4 Å². The highest BCUT2D eigenvalue weighted by molar-refractivity contribution is 6.04. The maximum absolute atomic E-state index is 12.1. The fraction of sp³-hybridized carbons (Fsp3) is 0.231. The van der Waals surface area contributed by atoms with Gasteiger partial charge in [0.05, 0.1) is 18.1 Å². The van der Waals surface area contributed by atoms with Crippen LogP contribution in [0.1, 0.15) is 10.4 Å². The maximum atomic E-state index is 12.1. The van der Waals surface area contributed by atoms with E-state index < -0.39 is 0 Å². The quantitative estimate of drug-likeness (QED) is 0.914. The smallest absolute Gasteiger partial charge is 0.255 e. The van der Waals surface area contributed by atoms with Crippen molar-refractivity contribution in [3.8, 4) is 11.5 Å². The van der Waals surface area contributed by atoms with Gasteiger partial charge in [-0.2, -0.15) is 5.10 Å². The predicted octanol–water partition coefficient (Wildman–Crippen LogP) is 1.47. The van der Waals surface area contributed by atoms with Gasteiger partial charge in [0.2, 0.25) is 6.79 Å². The number of hydrogen-bond acceptors (Lipinski definition) is 5. The largest absolute Gasteiger partial charge is 0.454 e. The standard InChI is InChI=1S/C13H13N3O4/c1-18-7-16-6-10(5-14-16)15-13(17)9-2-3-11-12(4-9)20-8-19-11/h2-6H,7-8H2,1H3,(H,15,17). The highest BCUT2D eigenvalue weighted by Crippen LogP contribution is 2.32. The van der Waals surface area contributed by atoms with Crippen LogP contribution in [0.25, 0.3) is 0 Å². The molecule has 0 radical (unpaired) electrons. The number of nitrogens with one attached hydrogen (secondary N) is 1. The van der Waals surface area contributed by atoms with E-state index in [9.17, 15) is 4.79 Å². The average molecular weight is 275 g/mol. The lowest BCUT2D eigenvalue weighted by molar-refractivity contribution is 0.102. The van der Waals surface area contributed by atoms with E-state index in [1.807, 2.05) is 0 Å². The summed E-state index contributed by atoms with van der Waals surface area (Å²) < 4.78 is 17.0. The number of methoxy groups -OCH3 is 1. The molecule has 0 atom stereocenters. The minimum atomic E-state index is -0.236. The van der Waals surface area contributed by atoms with Crippen molar-refractivity contribution in [2.45, 2.75) is 6.73 Å². The Balaban J connectivity index is 1.72. The molecule has 0 saturated heterocycles. The van der Waals surface area contributed by atoms with E-state index in [0.717, 1.165) is 0 Å². The minimum absolute atomic E-state index is 0.185. The molecule has 0 aliphatic carbocycles. The molecular formula is C13H13N3O4. The van der Waals surface area contributed by atoms with Crippen LogP contribution in [0.4, 0.5) is 5.69 Å². The van der Waals surface area contributed by atoms with Gasteiger partial charge in [0.15, 0.2) is 11.5 Å². The summed E-state index contributed by atoms with van der Waals surface area (Å²) in [7, 11) is 1.58. The Bertz CT molecular complexity index is 638. The molecule has 2 heterocycles. The highest BCUT2D eigenvalue weighted by atomic mass is 16.7. The Morgan fingerprint density at radius 1 is 1.45 bits per heavy atom. The van der Waals surface area contributed by atoms with Crippen molar-refractivity contribution in [3.05, 3.63) is 36.2 Å². The van der Waals surface area contributed by atoms with Crippen molar-refractivity contribution in [2.75, 3.05) is 19.2 Å². The molecule has 1 aromatic carbocycles. The lowest BCUT2D eigenvalue weighted by Gasteiger charge is -2.03. The number of hydrogen-bond donors (Lipinski definition) is 1. The number of benzene rings is 1. The lowest BCUT2D eigenvalue weighted by atomic mass is 10.2. The van der Waals surface area contributed by atoms with Crippen LogP contribution in [0.3, 0.4) is 0 Å². The highest BCUT2D eigenvalue weighted by Gasteiger charge is 2.16. The summed E-state index contributed by atoms with van der Waals surface area (Å²) in [4.78, 5) is 12.1. The molecule has 0 unspecified atom stereocenters. The van der Waals surface area contributed by atoms with Crippen LogP contribution in [0.5, 0.6) is 11.5 Å². The second kappa shape index (κ2) is 5.22. The monoisotopic (exact) mass is 275 g/mol. The molecule has 7 heteroatoms. The summed E-state index contributed by atoms with van der Waals surface area (Å²) in [5.41, 5.74) is 1.10. The Kier molecular flexibility index (Phi) is 3.26. The van der Waals surface area contributed by atoms with Gasteiger partial charge in [-0.05, 0) is 18.2 Å². The molecular weight excluding hydrogens is 262 g/mol. The van der Waals surface area contributed by atoms with Gasteiger partial charge in [-0.15, -0.1) is 0 Å². The van der Waals surface area contributed by atoms with Gasteiger partial charge >= 0.3 is 0 Å². The lowest BCUT2D eigenvalue weighted by Crippen LogP contribution is -2.11. The number of amides is 1. The molecule has 104 valence electrons. The second-order valence-electron chi connectivity index (χ2n) is 4.21. The number of carbonyl (C=O) groups is 1. The Hall–Kier alpha value is -2.54. The molecule has 0 spiro atoms. The van der Waals surface area contributed by atoms with Crippen LogP contribution in [0, 0.1) is 0 Å². The molecule has 0 bridgehead atoms. The predicted molar refractivity (Wildman–Crippen MR) is 69.8 cm³/mol. The first-order valence-electron chi connectivity index (χ1n) is 5.98. The van der Waals surface area contributed by atoms with Crippen molar-refractivity contribution in [2.24, 2.45) is 0 Å². The number of rotatable bonds is 4. The number of nitrogens with zero attached hydrogens (tertiary/aromatic N) is 2. The molecule has 7 nitrogen and oxygen atoms in total. The summed E-state index contributed by atoms with van der Waals surface area (Å²) in [6.45, 7) is 0.518. The van der Waals surface area contributed by atoms with Crippen molar-refractivity contribution in [3.63, 3.8) is 0 Å². The Morgan fingerprint density at radius 2 is 2.30 bits per heavy atom. The molecule has 1 N–H and O–H groups in total. The first kappa shape index (κ1) is 12.5. The van der Waals surface area contributed by atoms with Crippen LogP contribution in [0.15, 0.2) is 30.6 Å². The molecule has 1 aliphatic rings. The molecule has 2 aromatic rings. The SMILES string of the molecule is COCn1cc(NC(=O)c2ccc3c(c2)OCO3)cn1. The molecule has 3 rings (SSSR count). The summed E-state index contributed by atoms with van der Waals surface area (Å²) in [6, 6.07) is 5.05. The van der Waals surface area contributed by atoms with Gasteiger partial charge in [-0.3, -0.25) is 4.79 Å². The van der Waals surface area contributed by atoms with Crippen LogP contribution in [0.2, 0.25) is 0 Å². The summed E-state index contributed by atoms with van der Waals surface area (Å²) in [6.07, 6.45) is 3.25. The van der Waals surface area contributed by atoms with E-state index in [2.05, 4.69) is 10.4 Å². The van der Waals surface area contributed by atoms with Gasteiger partial charge in [0.1, 0.15) is 6.73 Å². The normalized spacial score (nSPS) is 12.4. The van der Waals surface area contributed by atoms with Gasteiger partial charge in [-0.1, -0.05) is 0 Å². The number of ether oxygens (including phenoxy) is 3. The topological polar surface area (TPSA) is 74.6 Å². The number of aromatic nitrogens is 2. The van der Waals surface area contributed by atoms with Crippen molar-refractivity contribution in [1.82, 2.24) is 9.78 Å². The third-order valence-corrected chi connectivity index (χ3v) is 2.79. The van der Waals surface area contributed by atoms with Crippen LogP contribution < -0.4 is 14.8 Å². The molecule has 0 saturated carbocycles. The molecule has 1 aliphatic heterocycles. The van der Waals surface area contributed by atoms with Gasteiger partial charge in [0, 0.05) is 12.7 Å². The zero-order chi connectivity index (χ0) is 13.9. The van der Waals surface area contributed by atoms with E-state index in [1.165, 1.54) is 0 Å². The Morgan fingerprint density at radius 3 is 3.15 bits per heavy atom. The van der Waals surface area contributed by atoms with Crippen LogP contribution in [-0.2, 0) is 11.5 Å². The minimum Gasteiger partial charge on any atom is -0.454 e. The van der Waals surface area contributed by atoms with E-state index >= 15 is 0 Å². The third kappa shape index (κ3) is 2.43. The molecule has 0 fully saturated rings. The van der Waals surface area contributed by atoms with Gasteiger partial charge < -0.3 is 19.5 Å². The van der Waals surface area contributed by atoms with Gasteiger partial charge in [0.25, 0.3) is 5.91 Å². The third-order valence-electron chi connectivity index (χ3n) is 2.79. The number of carbonyl (C=O) groups excluding carboxylic acids is 1. The van der Waals surface area contributed by atoms with Crippen molar-refractivity contribution in [1.29, 1.82) is 0 Å². The van der Waals surface area contributed by atoms with Crippen LogP contribution in [-0.4, -0.2) is 29.6 Å². The summed E-state index contributed by atoms with van der Waals surface area (Å²) >= 11 is 0. The molecule has 1 aromatic heterocycles. The van der Waals surface area contributed by atoms with Crippen LogP contribution >= 0.6 is 0 Å². The first-order chi connectivity index (χ1) is 9.76. The van der Waals surface area contributed by atoms with E-state index in [-0.39, 0.29) is 12.7 Å². The second-order valence-corrected chi connectivity index (χ2v) is 4.21. The van der Waals surface area contributed by atoms with E-state index in [4.69, 9.17) is 14.2 Å². The fourth-order valence-electron chi connectivity index (χ4n) is 1.87. The zero-order valence-electron chi connectivity index (χ0n) is 10.8. The van der Waals surface area contributed by atoms with Crippen molar-refractivity contribution >= 4 is 11.6 Å². The number of anilines is 1.